The molecule has 2 spiro atoms. The van der Waals surface area contributed by atoms with Crippen molar-refractivity contribution in [3.8, 4) is 0 Å². The van der Waals surface area contributed by atoms with E-state index in [0.29, 0.717) is 63.4 Å². The molecule has 44 heavy (non-hydrogen) atoms. The lowest BCUT2D eigenvalue weighted by Crippen LogP contribution is -2.85. The van der Waals surface area contributed by atoms with E-state index in [9.17, 15) is 29.4 Å². The molecule has 1 aromatic rings. The number of Topliss-reactive ketones (excluding diaryl/α,β-unsaturated/α-hetero) is 3. The first-order valence-corrected chi connectivity index (χ1v) is 16.4. The van der Waals surface area contributed by atoms with Crippen LogP contribution in [0.5, 0.6) is 0 Å². The molecule has 0 radical (unpaired) electrons. The van der Waals surface area contributed by atoms with Gasteiger partial charge in [0.25, 0.3) is 0 Å². The first kappa shape index (κ1) is 30.0. The van der Waals surface area contributed by atoms with Crippen molar-refractivity contribution in [3.63, 3.8) is 0 Å². The first-order chi connectivity index (χ1) is 20.8. The molecule has 2 heterocycles. The van der Waals surface area contributed by atoms with Crippen LogP contribution in [-0.4, -0.2) is 58.1 Å². The summed E-state index contributed by atoms with van der Waals surface area (Å²) in [5.41, 5.74) is -1.36. The molecule has 2 saturated heterocycles. The van der Waals surface area contributed by atoms with Gasteiger partial charge in [-0.1, -0.05) is 44.2 Å². The van der Waals surface area contributed by atoms with Gasteiger partial charge in [-0.3, -0.25) is 19.2 Å². The summed E-state index contributed by atoms with van der Waals surface area (Å²) in [4.78, 5) is 54.9. The summed E-state index contributed by atoms with van der Waals surface area (Å²) in [6.07, 6.45) is 2.31. The quantitative estimate of drug-likeness (QED) is 0.285. The Hall–Kier alpha value is -2.68. The molecule has 4 bridgehead atoms. The van der Waals surface area contributed by atoms with Crippen LogP contribution in [0.3, 0.4) is 0 Å². The van der Waals surface area contributed by atoms with Crippen LogP contribution in [0.15, 0.2) is 36.4 Å². The first-order valence-electron chi connectivity index (χ1n) is 16.4. The maximum atomic E-state index is 14.3. The van der Waals surface area contributed by atoms with E-state index in [2.05, 4.69) is 6.58 Å². The molecular formula is C36H44O8. The Labute approximate surface area is 258 Å². The van der Waals surface area contributed by atoms with E-state index < -0.39 is 69.7 Å². The molecule has 0 unspecified atom stereocenters. The number of rotatable bonds is 5. The number of hydrogen-bond donors (Lipinski definition) is 2. The number of carbonyl (C=O) groups is 4. The fraction of sp³-hybridized carbons (Fsp3) is 0.667. The van der Waals surface area contributed by atoms with Gasteiger partial charge in [0.15, 0.2) is 11.6 Å². The van der Waals surface area contributed by atoms with Gasteiger partial charge in [-0.25, -0.2) is 0 Å². The van der Waals surface area contributed by atoms with Gasteiger partial charge >= 0.3 is 5.97 Å². The monoisotopic (exact) mass is 604 g/mol. The second kappa shape index (κ2) is 9.91. The van der Waals surface area contributed by atoms with Crippen LogP contribution in [0, 0.1) is 52.8 Å². The number of ketones is 3. The Morgan fingerprint density at radius 3 is 2.52 bits per heavy atom. The normalized spacial score (nSPS) is 43.8. The predicted octanol–water partition coefficient (Wildman–Crippen LogP) is 4.52. The van der Waals surface area contributed by atoms with E-state index in [0.717, 1.165) is 5.56 Å². The number of ether oxygens (including phenoxy) is 2. The smallest absolute Gasteiger partial charge is 0.309 e. The molecule has 2 aliphatic heterocycles. The highest BCUT2D eigenvalue weighted by atomic mass is 16.6. The molecule has 8 nitrogen and oxygen atoms in total. The average molecular weight is 605 g/mol. The minimum Gasteiger partial charge on any atom is -0.460 e. The molecule has 236 valence electrons. The van der Waals surface area contributed by atoms with Crippen LogP contribution >= 0.6 is 0 Å². The number of aryl methyl sites for hydroxylation is 1. The van der Waals surface area contributed by atoms with Crippen LogP contribution in [0.4, 0.5) is 0 Å². The SMILES string of the molecule is C=C1C(=O)[C@]23[C@H](OC(=O)C4CCC(CC(=O)c5cccc(C)c5)CC4)[C@H]1CC[C@H]2[C@@]12CO[C@@]3(O)[C@@H](O)[C@@H]1C(C)(C)CCC2=O. The van der Waals surface area contributed by atoms with Crippen LogP contribution in [-0.2, 0) is 23.9 Å². The molecule has 8 atom stereocenters. The summed E-state index contributed by atoms with van der Waals surface area (Å²) in [6, 6.07) is 7.60. The van der Waals surface area contributed by atoms with Crippen molar-refractivity contribution < 1.29 is 38.9 Å². The Bertz CT molecular complexity index is 1450. The van der Waals surface area contributed by atoms with Crippen molar-refractivity contribution in [2.45, 2.75) is 96.6 Å². The average Bonchev–Trinajstić information content (AvgIpc) is 3.10. The Kier molecular flexibility index (Phi) is 6.76. The zero-order chi connectivity index (χ0) is 31.4. The van der Waals surface area contributed by atoms with Gasteiger partial charge < -0.3 is 19.7 Å². The largest absolute Gasteiger partial charge is 0.460 e. The molecule has 7 fully saturated rings. The van der Waals surface area contributed by atoms with Crippen molar-refractivity contribution in [1.82, 2.24) is 0 Å². The number of aliphatic hydroxyl groups excluding tert-OH is 1. The Morgan fingerprint density at radius 2 is 1.82 bits per heavy atom. The number of hydrogen-bond acceptors (Lipinski definition) is 8. The number of fused-ring (bicyclic) bond motifs is 2. The van der Waals surface area contributed by atoms with E-state index in [1.807, 2.05) is 45.0 Å². The second-order valence-electron chi connectivity index (χ2n) is 15.4. The molecule has 5 aliphatic carbocycles. The molecule has 7 aliphatic rings. The zero-order valence-electron chi connectivity index (χ0n) is 26.0. The summed E-state index contributed by atoms with van der Waals surface area (Å²) in [7, 11) is 0. The zero-order valence-corrected chi connectivity index (χ0v) is 26.0. The highest BCUT2D eigenvalue weighted by Gasteiger charge is 2.88. The van der Waals surface area contributed by atoms with Gasteiger partial charge in [0, 0.05) is 30.2 Å². The van der Waals surface area contributed by atoms with Gasteiger partial charge in [-0.05, 0) is 80.8 Å². The predicted molar refractivity (Wildman–Crippen MR) is 159 cm³/mol. The van der Waals surface area contributed by atoms with Gasteiger partial charge in [0.2, 0.25) is 5.79 Å². The lowest BCUT2D eigenvalue weighted by atomic mass is 9.36. The minimum atomic E-state index is -2.30. The third-order valence-corrected chi connectivity index (χ3v) is 12.9. The second-order valence-corrected chi connectivity index (χ2v) is 15.4. The van der Waals surface area contributed by atoms with Crippen LogP contribution < -0.4 is 0 Å². The van der Waals surface area contributed by atoms with Gasteiger partial charge in [0.1, 0.15) is 23.4 Å². The highest BCUT2D eigenvalue weighted by Crippen LogP contribution is 2.76. The van der Waals surface area contributed by atoms with E-state index >= 15 is 0 Å². The van der Waals surface area contributed by atoms with Crippen LogP contribution in [0.1, 0.15) is 87.6 Å². The molecule has 8 heteroatoms. The molecule has 5 saturated carbocycles. The van der Waals surface area contributed by atoms with Gasteiger partial charge in [0.05, 0.1) is 17.9 Å². The summed E-state index contributed by atoms with van der Waals surface area (Å²) >= 11 is 0. The van der Waals surface area contributed by atoms with Crippen molar-refractivity contribution in [2.75, 3.05) is 6.61 Å². The third-order valence-electron chi connectivity index (χ3n) is 12.9. The van der Waals surface area contributed by atoms with E-state index in [-0.39, 0.29) is 29.7 Å². The summed E-state index contributed by atoms with van der Waals surface area (Å²) in [6.45, 7) is 10.0. The molecule has 0 aromatic heterocycles. The molecule has 0 amide bonds. The van der Waals surface area contributed by atoms with E-state index in [4.69, 9.17) is 9.47 Å². The fourth-order valence-corrected chi connectivity index (χ4v) is 10.8. The van der Waals surface area contributed by atoms with Crippen molar-refractivity contribution in [1.29, 1.82) is 0 Å². The third kappa shape index (κ3) is 3.74. The fourth-order valence-electron chi connectivity index (χ4n) is 10.8. The molecule has 8 rings (SSSR count). The van der Waals surface area contributed by atoms with Gasteiger partial charge in [-0.15, -0.1) is 0 Å². The van der Waals surface area contributed by atoms with E-state index in [1.165, 1.54) is 0 Å². The lowest BCUT2D eigenvalue weighted by Gasteiger charge is -2.73. The molecule has 2 N–H and O–H groups in total. The summed E-state index contributed by atoms with van der Waals surface area (Å²) in [5, 5.41) is 24.2. The Morgan fingerprint density at radius 1 is 1.09 bits per heavy atom. The highest BCUT2D eigenvalue weighted by molar-refractivity contribution is 6.06. The summed E-state index contributed by atoms with van der Waals surface area (Å²) in [5.74, 6) is -5.06. The van der Waals surface area contributed by atoms with E-state index in [1.54, 1.807) is 0 Å². The number of esters is 1. The minimum absolute atomic E-state index is 0.0422. The summed E-state index contributed by atoms with van der Waals surface area (Å²) < 4.78 is 12.4. The molecule has 1 aromatic carbocycles. The van der Waals surface area contributed by atoms with Crippen LogP contribution in [0.25, 0.3) is 0 Å². The Balaban J connectivity index is 1.14. The number of benzene rings is 1. The van der Waals surface area contributed by atoms with Crippen molar-refractivity contribution in [3.05, 3.63) is 47.5 Å². The molecular weight excluding hydrogens is 560 g/mol. The number of aliphatic hydroxyl groups is 2. The van der Waals surface area contributed by atoms with Gasteiger partial charge in [-0.2, -0.15) is 0 Å². The maximum absolute atomic E-state index is 14.3. The topological polar surface area (TPSA) is 127 Å². The van der Waals surface area contributed by atoms with Crippen molar-refractivity contribution >= 4 is 23.3 Å². The van der Waals surface area contributed by atoms with Crippen LogP contribution in [0.2, 0.25) is 0 Å². The standard InChI is InChI=1S/C36H44O8/c1-19-6-5-7-23(16-19)25(37)17-21-8-10-22(11-9-21)32(41)44-31-24-12-13-26-34-18-43-36(42,35(26,31)29(39)20(24)2)30(40)28(34)33(3,4)15-14-27(34)38/h5-7,16,21-22,24,26,28,30-31,40,42H,2,8-15,17-18H2,1,3-4H3/t21?,22?,24-,26-,28+,30-,31+,34+,35-,36-/m0/s1. The lowest BCUT2D eigenvalue weighted by molar-refractivity contribution is -0.437. The van der Waals surface area contributed by atoms with Crippen molar-refractivity contribution in [2.24, 2.45) is 45.8 Å². The maximum Gasteiger partial charge on any atom is 0.309 e. The number of carbonyl (C=O) groups excluding carboxylic acids is 4.